The third kappa shape index (κ3) is 5.39. The second-order valence-electron chi connectivity index (χ2n) is 13.5. The van der Waals surface area contributed by atoms with Gasteiger partial charge < -0.3 is 9.47 Å². The van der Waals surface area contributed by atoms with Gasteiger partial charge in [-0.3, -0.25) is 0 Å². The van der Waals surface area contributed by atoms with Gasteiger partial charge in [0, 0.05) is 30.1 Å². The number of halogens is 6. The van der Waals surface area contributed by atoms with Crippen molar-refractivity contribution in [1.82, 2.24) is 0 Å². The van der Waals surface area contributed by atoms with Crippen molar-refractivity contribution < 1.29 is 9.47 Å². The van der Waals surface area contributed by atoms with Crippen molar-refractivity contribution in [3.05, 3.63) is 184 Å². The first-order chi connectivity index (χ1) is 25.2. The van der Waals surface area contributed by atoms with Crippen LogP contribution in [0, 0.1) is 0 Å². The molecule has 2 heterocycles. The normalized spacial score (nSPS) is 22.0. The molecule has 10 rings (SSSR count). The molecular formula is C44H24Cl6O2. The fourth-order valence-corrected chi connectivity index (χ4v) is 9.07. The highest BCUT2D eigenvalue weighted by molar-refractivity contribution is 6.33. The Morgan fingerprint density at radius 2 is 0.942 bits per heavy atom. The third-order valence-electron chi connectivity index (χ3n) is 10.4. The van der Waals surface area contributed by atoms with Crippen LogP contribution < -0.4 is 0 Å². The third-order valence-corrected chi connectivity index (χ3v) is 11.8. The lowest BCUT2D eigenvalue weighted by Gasteiger charge is -2.17. The van der Waals surface area contributed by atoms with Crippen molar-refractivity contribution >= 4 is 92.9 Å². The number of ether oxygens (including phenoxy) is 2. The molecule has 8 heteroatoms. The molecule has 0 spiro atoms. The monoisotopic (exact) mass is 794 g/mol. The Balaban J connectivity index is 1.09. The van der Waals surface area contributed by atoms with Crippen LogP contribution in [0.2, 0.25) is 30.1 Å². The minimum atomic E-state index is -0.703. The molecule has 2 aliphatic carbocycles. The second-order valence-corrected chi connectivity index (χ2v) is 16.2. The molecular weight excluding hydrogens is 773 g/mol. The van der Waals surface area contributed by atoms with Crippen LogP contribution in [0.1, 0.15) is 50.6 Å². The first-order valence-electron chi connectivity index (χ1n) is 16.7. The molecule has 254 valence electrons. The first kappa shape index (κ1) is 33.1. The number of benzene rings is 6. The molecule has 0 amide bonds. The topological polar surface area (TPSA) is 25.1 Å². The number of epoxide rings is 2. The Kier molecular flexibility index (Phi) is 7.79. The van der Waals surface area contributed by atoms with Crippen molar-refractivity contribution in [3.8, 4) is 22.3 Å². The average molecular weight is 797 g/mol. The molecule has 0 N–H and O–H groups in total. The second kappa shape index (κ2) is 12.2. The summed E-state index contributed by atoms with van der Waals surface area (Å²) < 4.78 is 13.1. The van der Waals surface area contributed by atoms with E-state index in [0.29, 0.717) is 36.7 Å². The van der Waals surface area contributed by atoms with E-state index < -0.39 is 5.60 Å². The van der Waals surface area contributed by atoms with Crippen LogP contribution in [-0.2, 0) is 15.1 Å². The van der Waals surface area contributed by atoms with Gasteiger partial charge >= 0.3 is 0 Å². The SMILES string of the molecule is Clc1ccc(/C=C2/c3cc(Cl)ccc3-c3c2cc(Cl)cc3C2OC2C2(c3cc(Cl)cc4c3-c3ccc(Cl)cc3/C4=C/c3ccc(Cl)cc3)CO2)cc1. The molecule has 0 bridgehead atoms. The summed E-state index contributed by atoms with van der Waals surface area (Å²) >= 11 is 39.5. The maximum absolute atomic E-state index is 6.95. The van der Waals surface area contributed by atoms with Crippen LogP contribution in [0.25, 0.3) is 45.6 Å². The summed E-state index contributed by atoms with van der Waals surface area (Å²) in [4.78, 5) is 0. The predicted octanol–water partition coefficient (Wildman–Crippen LogP) is 14.1. The Morgan fingerprint density at radius 1 is 0.481 bits per heavy atom. The van der Waals surface area contributed by atoms with E-state index in [1.165, 1.54) is 0 Å². The highest BCUT2D eigenvalue weighted by atomic mass is 35.5. The highest BCUT2D eigenvalue weighted by Gasteiger charge is 2.66. The number of hydrogen-bond donors (Lipinski definition) is 0. The van der Waals surface area contributed by atoms with E-state index in [2.05, 4.69) is 24.3 Å². The van der Waals surface area contributed by atoms with Crippen molar-refractivity contribution in [2.24, 2.45) is 0 Å². The van der Waals surface area contributed by atoms with Crippen molar-refractivity contribution in [2.45, 2.75) is 17.8 Å². The van der Waals surface area contributed by atoms with E-state index >= 15 is 0 Å². The molecule has 4 aliphatic rings. The molecule has 6 aromatic carbocycles. The Hall–Kier alpha value is -3.54. The zero-order chi connectivity index (χ0) is 35.5. The van der Waals surface area contributed by atoms with Crippen LogP contribution in [0.5, 0.6) is 0 Å². The standard InChI is InChI=1S/C44H24Cl6O2/c45-24-5-1-22(2-6-24)13-32-34-15-26(47)9-11-30(34)40-36(32)17-28(49)19-38(40)42-43(52-42)44(21-51-44)39-20-29(50)18-37-33(14-23-3-7-25(46)8-4-23)35-16-27(48)10-12-31(35)41(37)39/h1-20,42-43H,21H2/b32-13-,33-14-. The van der Waals surface area contributed by atoms with Gasteiger partial charge in [0.05, 0.1) is 6.61 Å². The molecule has 0 radical (unpaired) electrons. The number of rotatable bonds is 5. The fraction of sp³-hybridized carbons (Fsp3) is 0.0909. The van der Waals surface area contributed by atoms with Gasteiger partial charge in [-0.1, -0.05) is 106 Å². The van der Waals surface area contributed by atoms with E-state index in [0.717, 1.165) is 77.9 Å². The summed E-state index contributed by atoms with van der Waals surface area (Å²) in [5.74, 6) is 0. The summed E-state index contributed by atoms with van der Waals surface area (Å²) in [6.45, 7) is 0.497. The first-order valence-corrected chi connectivity index (χ1v) is 19.0. The summed E-state index contributed by atoms with van der Waals surface area (Å²) in [6, 6.07) is 35.7. The molecule has 52 heavy (non-hydrogen) atoms. The quantitative estimate of drug-likeness (QED) is 0.162. The molecule has 3 unspecified atom stereocenters. The Labute approximate surface area is 330 Å². The molecule has 6 aromatic rings. The molecule has 2 nitrogen and oxygen atoms in total. The molecule has 0 saturated carbocycles. The zero-order valence-corrected chi connectivity index (χ0v) is 31.5. The lowest BCUT2D eigenvalue weighted by atomic mass is 9.85. The van der Waals surface area contributed by atoms with Gasteiger partial charge in [-0.15, -0.1) is 0 Å². The number of hydrogen-bond acceptors (Lipinski definition) is 2. The fourth-order valence-electron chi connectivity index (χ4n) is 8.03. The minimum Gasteiger partial charge on any atom is -0.361 e. The molecule has 2 fully saturated rings. The summed E-state index contributed by atoms with van der Waals surface area (Å²) in [5, 5.41) is 3.93. The average Bonchev–Trinajstić information content (AvgIpc) is 4.05. The maximum atomic E-state index is 6.95. The summed E-state index contributed by atoms with van der Waals surface area (Å²) in [6.07, 6.45) is 3.78. The van der Waals surface area contributed by atoms with Gasteiger partial charge in [0.25, 0.3) is 0 Å². The zero-order valence-electron chi connectivity index (χ0n) is 27.0. The maximum Gasteiger partial charge on any atom is 0.146 e. The highest BCUT2D eigenvalue weighted by Crippen LogP contribution is 2.63. The molecule has 2 aliphatic heterocycles. The molecule has 0 aromatic heterocycles. The smallest absolute Gasteiger partial charge is 0.146 e. The summed E-state index contributed by atoms with van der Waals surface area (Å²) in [5.41, 5.74) is 13.9. The number of fused-ring (bicyclic) bond motifs is 6. The molecule has 3 atom stereocenters. The van der Waals surface area contributed by atoms with Crippen molar-refractivity contribution in [2.75, 3.05) is 6.61 Å². The van der Waals surface area contributed by atoms with Crippen LogP contribution >= 0.6 is 69.6 Å². The van der Waals surface area contributed by atoms with Gasteiger partial charge in [-0.05, 0) is 163 Å². The van der Waals surface area contributed by atoms with Gasteiger partial charge in [-0.25, -0.2) is 0 Å². The van der Waals surface area contributed by atoms with Crippen LogP contribution in [0.3, 0.4) is 0 Å². The Bertz CT molecular complexity index is 2570. The van der Waals surface area contributed by atoms with E-state index in [4.69, 9.17) is 79.1 Å². The van der Waals surface area contributed by atoms with E-state index in [9.17, 15) is 0 Å². The predicted molar refractivity (Wildman–Crippen MR) is 216 cm³/mol. The van der Waals surface area contributed by atoms with Gasteiger partial charge in [-0.2, -0.15) is 0 Å². The van der Waals surface area contributed by atoms with Crippen molar-refractivity contribution in [3.63, 3.8) is 0 Å². The van der Waals surface area contributed by atoms with Crippen LogP contribution in [0.4, 0.5) is 0 Å². The van der Waals surface area contributed by atoms with E-state index in [1.807, 2.05) is 97.1 Å². The van der Waals surface area contributed by atoms with Crippen LogP contribution in [-0.4, -0.2) is 12.7 Å². The lowest BCUT2D eigenvalue weighted by Crippen LogP contribution is -2.19. The minimum absolute atomic E-state index is 0.266. The van der Waals surface area contributed by atoms with E-state index in [1.54, 1.807) is 0 Å². The largest absolute Gasteiger partial charge is 0.361 e. The van der Waals surface area contributed by atoms with Crippen LogP contribution in [0.15, 0.2) is 109 Å². The van der Waals surface area contributed by atoms with Gasteiger partial charge in [0.15, 0.2) is 0 Å². The van der Waals surface area contributed by atoms with E-state index in [-0.39, 0.29) is 12.2 Å². The van der Waals surface area contributed by atoms with Crippen molar-refractivity contribution in [1.29, 1.82) is 0 Å². The Morgan fingerprint density at radius 3 is 1.48 bits per heavy atom. The molecule has 2 saturated heterocycles. The summed E-state index contributed by atoms with van der Waals surface area (Å²) in [7, 11) is 0. The van der Waals surface area contributed by atoms with Gasteiger partial charge in [0.1, 0.15) is 17.8 Å². The lowest BCUT2D eigenvalue weighted by molar-refractivity contribution is 0.237. The van der Waals surface area contributed by atoms with Gasteiger partial charge in [0.2, 0.25) is 0 Å².